The zero-order valence-electron chi connectivity index (χ0n) is 14.1. The molecule has 130 valence electrons. The first-order valence-corrected chi connectivity index (χ1v) is 7.48. The number of non-ortho nitro benzene ring substituents is 1. The fraction of sp³-hybridized carbons (Fsp3) is 0.500. The highest BCUT2D eigenvalue weighted by molar-refractivity contribution is 5.80. The van der Waals surface area contributed by atoms with E-state index in [9.17, 15) is 29.9 Å². The van der Waals surface area contributed by atoms with Gasteiger partial charge in [-0.05, 0) is 26.3 Å². The van der Waals surface area contributed by atoms with Gasteiger partial charge in [0.1, 0.15) is 12.1 Å². The number of quaternary nitrogens is 1. The van der Waals surface area contributed by atoms with Gasteiger partial charge in [-0.1, -0.05) is 6.07 Å². The molecule has 0 spiro atoms. The van der Waals surface area contributed by atoms with Gasteiger partial charge in [-0.15, -0.1) is 0 Å². The highest BCUT2D eigenvalue weighted by Gasteiger charge is 2.66. The normalized spacial score (nSPS) is 26.5. The third kappa shape index (κ3) is 2.25. The summed E-state index contributed by atoms with van der Waals surface area (Å²) in [7, 11) is 0. The number of amides is 1. The lowest BCUT2D eigenvalue weighted by atomic mass is 9.77. The van der Waals surface area contributed by atoms with Gasteiger partial charge in [-0.2, -0.15) is 4.79 Å². The number of benzene rings is 1. The number of hydrogen-bond acceptors (Lipinski definition) is 4. The van der Waals surface area contributed by atoms with E-state index in [0.717, 1.165) is 0 Å². The first-order chi connectivity index (χ1) is 10.9. The molecule has 8 heteroatoms. The van der Waals surface area contributed by atoms with Crippen LogP contribution in [0.15, 0.2) is 18.2 Å². The van der Waals surface area contributed by atoms with E-state index in [1.54, 1.807) is 20.8 Å². The number of carboxylic acid groups (broad SMARTS) is 2. The van der Waals surface area contributed by atoms with E-state index in [0.29, 0.717) is 11.1 Å². The van der Waals surface area contributed by atoms with Crippen LogP contribution in [-0.2, 0) is 17.8 Å². The van der Waals surface area contributed by atoms with Crippen LogP contribution in [0.5, 0.6) is 0 Å². The maximum Gasteiger partial charge on any atom is 0.515 e. The molecule has 1 aliphatic heterocycles. The molecule has 0 saturated heterocycles. The van der Waals surface area contributed by atoms with Crippen LogP contribution in [0.4, 0.5) is 10.5 Å². The van der Waals surface area contributed by atoms with Crippen molar-refractivity contribution in [2.45, 2.75) is 51.7 Å². The van der Waals surface area contributed by atoms with Crippen molar-refractivity contribution >= 4 is 17.7 Å². The van der Waals surface area contributed by atoms with Crippen molar-refractivity contribution in [3.63, 3.8) is 0 Å². The van der Waals surface area contributed by atoms with Crippen LogP contribution in [0.1, 0.15) is 38.8 Å². The number of fused-ring (bicyclic) bond motifs is 1. The summed E-state index contributed by atoms with van der Waals surface area (Å²) in [6.45, 7) is 6.32. The van der Waals surface area contributed by atoms with Crippen molar-refractivity contribution in [1.82, 2.24) is 0 Å². The van der Waals surface area contributed by atoms with Crippen molar-refractivity contribution in [1.29, 1.82) is 0 Å². The summed E-state index contributed by atoms with van der Waals surface area (Å²) in [5.41, 5.74) is -1.52. The smallest absolute Gasteiger partial charge is 0.477 e. The Labute approximate surface area is 139 Å². The van der Waals surface area contributed by atoms with Crippen LogP contribution in [0, 0.1) is 10.1 Å². The fourth-order valence-corrected chi connectivity index (χ4v) is 3.76. The van der Waals surface area contributed by atoms with Crippen LogP contribution in [0.2, 0.25) is 0 Å². The zero-order valence-corrected chi connectivity index (χ0v) is 14.1. The van der Waals surface area contributed by atoms with Gasteiger partial charge in [0.15, 0.2) is 0 Å². The Kier molecular flexibility index (Phi) is 3.92. The van der Waals surface area contributed by atoms with E-state index >= 15 is 0 Å². The number of aliphatic carboxylic acids is 1. The van der Waals surface area contributed by atoms with Crippen molar-refractivity contribution in [2.24, 2.45) is 0 Å². The summed E-state index contributed by atoms with van der Waals surface area (Å²) in [6, 6.07) is 4.18. The number of nitro benzene ring substituents is 1. The second kappa shape index (κ2) is 5.27. The summed E-state index contributed by atoms with van der Waals surface area (Å²) < 4.78 is -0.733. The second-order valence-electron chi connectivity index (χ2n) is 7.39. The van der Waals surface area contributed by atoms with Gasteiger partial charge in [0.2, 0.25) is 5.54 Å². The largest absolute Gasteiger partial charge is 0.515 e. The van der Waals surface area contributed by atoms with E-state index in [-0.39, 0.29) is 18.7 Å². The van der Waals surface area contributed by atoms with Gasteiger partial charge in [-0.25, -0.2) is 9.28 Å². The molecular formula is C16H21N2O6+. The van der Waals surface area contributed by atoms with Crippen LogP contribution in [0.25, 0.3) is 0 Å². The Morgan fingerprint density at radius 3 is 2.25 bits per heavy atom. The maximum atomic E-state index is 12.2. The summed E-state index contributed by atoms with van der Waals surface area (Å²) in [4.78, 5) is 34.7. The fourth-order valence-electron chi connectivity index (χ4n) is 3.76. The Bertz CT molecular complexity index is 739. The molecule has 2 atom stereocenters. The van der Waals surface area contributed by atoms with Gasteiger partial charge >= 0.3 is 12.1 Å². The molecule has 0 bridgehead atoms. The molecule has 0 saturated carbocycles. The number of rotatable bonds is 2. The Morgan fingerprint density at radius 2 is 1.83 bits per heavy atom. The third-order valence-electron chi connectivity index (χ3n) is 5.12. The summed E-state index contributed by atoms with van der Waals surface area (Å²) >= 11 is 0. The van der Waals surface area contributed by atoms with Crippen molar-refractivity contribution < 1.29 is 29.2 Å². The van der Waals surface area contributed by atoms with E-state index in [2.05, 4.69) is 0 Å². The average molecular weight is 337 g/mol. The molecule has 1 heterocycles. The van der Waals surface area contributed by atoms with Crippen LogP contribution in [0.3, 0.4) is 0 Å². The molecule has 24 heavy (non-hydrogen) atoms. The van der Waals surface area contributed by atoms with Crippen molar-refractivity contribution in [3.8, 4) is 0 Å². The minimum atomic E-state index is -1.59. The minimum absolute atomic E-state index is 0.0147. The average Bonchev–Trinajstić information content (AvgIpc) is 2.43. The number of nitrogens with zero attached hydrogens (tertiary/aromatic N) is 2. The lowest BCUT2D eigenvalue weighted by molar-refractivity contribution is -0.955. The molecule has 1 unspecified atom stereocenters. The predicted molar refractivity (Wildman–Crippen MR) is 84.6 cm³/mol. The predicted octanol–water partition coefficient (Wildman–Crippen LogP) is 2.79. The Morgan fingerprint density at radius 1 is 1.25 bits per heavy atom. The lowest BCUT2D eigenvalue weighted by Crippen LogP contribution is -2.77. The first-order valence-electron chi connectivity index (χ1n) is 7.48. The van der Waals surface area contributed by atoms with Crippen LogP contribution in [-0.4, -0.2) is 42.8 Å². The number of carboxylic acids is 1. The molecule has 0 aliphatic carbocycles. The Hall–Kier alpha value is -2.48. The first kappa shape index (κ1) is 17.9. The minimum Gasteiger partial charge on any atom is -0.477 e. The van der Waals surface area contributed by atoms with E-state index in [1.165, 1.54) is 25.1 Å². The molecular weight excluding hydrogens is 316 g/mol. The van der Waals surface area contributed by atoms with Gasteiger partial charge in [0.05, 0.1) is 4.92 Å². The second-order valence-corrected chi connectivity index (χ2v) is 7.39. The van der Waals surface area contributed by atoms with Gasteiger partial charge in [-0.3, -0.25) is 10.1 Å². The number of carbonyl (C=O) groups is 2. The molecule has 2 N–H and O–H groups in total. The number of hydrogen-bond donors (Lipinski definition) is 2. The molecule has 0 aromatic heterocycles. The lowest BCUT2D eigenvalue weighted by Gasteiger charge is -2.54. The van der Waals surface area contributed by atoms with E-state index in [4.69, 9.17) is 0 Å². The standard InChI is InChI=1S/C16H20N2O6/c1-15(2,3)18(14(21)22)9-11-7-12(17(23)24)6-5-10(11)8-16(18,4)13(19)20/h5-7H,8-9H2,1-4H3,(H-,19,20,21,22)/p+1/t16?,18-/m0/s1. The molecule has 1 aromatic rings. The molecule has 2 rings (SSSR count). The molecule has 0 fully saturated rings. The monoisotopic (exact) mass is 337 g/mol. The SMILES string of the molecule is CC(C)(C)[N@@+]1(C(=O)O)Cc2cc([N+](=O)[O-])ccc2CC1(C)C(=O)O. The molecule has 1 amide bonds. The highest BCUT2D eigenvalue weighted by atomic mass is 16.6. The quantitative estimate of drug-likeness (QED) is 0.487. The topological polar surface area (TPSA) is 118 Å². The van der Waals surface area contributed by atoms with Crippen molar-refractivity contribution in [2.75, 3.05) is 0 Å². The molecule has 8 nitrogen and oxygen atoms in total. The van der Waals surface area contributed by atoms with Gasteiger partial charge in [0.25, 0.3) is 5.69 Å². The third-order valence-corrected chi connectivity index (χ3v) is 5.12. The van der Waals surface area contributed by atoms with Gasteiger partial charge < -0.3 is 10.2 Å². The molecule has 0 radical (unpaired) electrons. The summed E-state index contributed by atoms with van der Waals surface area (Å²) in [6.07, 6.45) is -1.27. The maximum absolute atomic E-state index is 12.2. The Balaban J connectivity index is 2.78. The summed E-state index contributed by atoms with van der Waals surface area (Å²) in [5.74, 6) is -1.20. The molecule has 1 aliphatic rings. The summed E-state index contributed by atoms with van der Waals surface area (Å²) in [5, 5.41) is 30.8. The van der Waals surface area contributed by atoms with Crippen LogP contribution < -0.4 is 0 Å². The van der Waals surface area contributed by atoms with Crippen LogP contribution >= 0.6 is 0 Å². The van der Waals surface area contributed by atoms with E-state index < -0.39 is 32.5 Å². The molecule has 1 aromatic carbocycles. The van der Waals surface area contributed by atoms with Crippen molar-refractivity contribution in [3.05, 3.63) is 39.4 Å². The van der Waals surface area contributed by atoms with Gasteiger partial charge in [0, 0.05) is 31.0 Å². The number of nitro groups is 1. The van der Waals surface area contributed by atoms with E-state index in [1.807, 2.05) is 0 Å². The zero-order chi connectivity index (χ0) is 18.5. The highest BCUT2D eigenvalue weighted by Crippen LogP contribution is 2.45.